The maximum Gasteiger partial charge on any atom is 0.416 e. The van der Waals surface area contributed by atoms with Crippen LogP contribution in [0.15, 0.2) is 82.4 Å². The number of piperazine rings is 1. The zero-order chi connectivity index (χ0) is 33.2. The van der Waals surface area contributed by atoms with E-state index in [1.807, 2.05) is 23.1 Å². The summed E-state index contributed by atoms with van der Waals surface area (Å²) in [6.07, 6.45) is -4.86. The first-order valence-electron chi connectivity index (χ1n) is 14.9. The second kappa shape index (κ2) is 13.4. The Balaban J connectivity index is 1.52. The third kappa shape index (κ3) is 6.97. The second-order valence-corrected chi connectivity index (χ2v) is 11.5. The fraction of sp³-hybridized carbons (Fsp3) is 0.324. The Labute approximate surface area is 263 Å². The average Bonchev–Trinajstić information content (AvgIpc) is 3.02. The molecule has 0 saturated carbocycles. The lowest BCUT2D eigenvalue weighted by molar-refractivity contribution is -0.138. The van der Waals surface area contributed by atoms with Crippen molar-refractivity contribution in [3.63, 3.8) is 0 Å². The lowest BCUT2D eigenvalue weighted by atomic mass is 10.1. The predicted molar refractivity (Wildman–Crippen MR) is 168 cm³/mol. The number of nitrogens with zero attached hydrogens (tertiary/aromatic N) is 4. The average molecular weight is 638 g/mol. The quantitative estimate of drug-likeness (QED) is 0.211. The molecule has 1 aromatic heterocycles. The molecule has 12 heteroatoms. The minimum Gasteiger partial charge on any atom is -0.363 e. The van der Waals surface area contributed by atoms with Gasteiger partial charge in [-0.1, -0.05) is 54.6 Å². The molecule has 242 valence electrons. The van der Waals surface area contributed by atoms with Crippen LogP contribution in [0.1, 0.15) is 51.3 Å². The topological polar surface area (TPSA) is 93.6 Å². The lowest BCUT2D eigenvalue weighted by Gasteiger charge is -2.37. The molecule has 0 bridgehead atoms. The van der Waals surface area contributed by atoms with Gasteiger partial charge < -0.3 is 10.6 Å². The van der Waals surface area contributed by atoms with Crippen LogP contribution < -0.4 is 21.9 Å². The highest BCUT2D eigenvalue weighted by Gasteiger charge is 2.35. The molecule has 0 amide bonds. The van der Waals surface area contributed by atoms with Crippen molar-refractivity contribution in [3.8, 4) is 0 Å². The Morgan fingerprint density at radius 2 is 1.57 bits per heavy atom. The van der Waals surface area contributed by atoms with Crippen LogP contribution in [0.25, 0.3) is 0 Å². The van der Waals surface area contributed by atoms with Gasteiger partial charge in [-0.15, -0.1) is 0 Å². The third-order valence-electron chi connectivity index (χ3n) is 8.43. The van der Waals surface area contributed by atoms with Crippen molar-refractivity contribution >= 4 is 11.5 Å². The number of hydrogen-bond donors (Lipinski definition) is 1. The molecule has 3 aromatic carbocycles. The van der Waals surface area contributed by atoms with E-state index in [9.17, 15) is 31.9 Å². The largest absolute Gasteiger partial charge is 0.416 e. The summed E-state index contributed by atoms with van der Waals surface area (Å²) in [4.78, 5) is 43.6. The summed E-state index contributed by atoms with van der Waals surface area (Å²) in [6, 6.07) is 18.1. The van der Waals surface area contributed by atoms with E-state index in [0.29, 0.717) is 43.9 Å². The van der Waals surface area contributed by atoms with Crippen LogP contribution in [-0.4, -0.2) is 46.0 Å². The fourth-order valence-corrected chi connectivity index (χ4v) is 5.92. The number of ketones is 1. The molecule has 1 aliphatic rings. The van der Waals surface area contributed by atoms with E-state index in [1.54, 1.807) is 36.4 Å². The van der Waals surface area contributed by atoms with E-state index >= 15 is 0 Å². The maximum absolute atomic E-state index is 14.9. The zero-order valence-electron chi connectivity index (χ0n) is 25.6. The lowest BCUT2D eigenvalue weighted by Crippen LogP contribution is -2.51. The molecule has 8 nitrogen and oxygen atoms in total. The number of rotatable bonds is 9. The first-order chi connectivity index (χ1) is 21.8. The molecule has 5 rings (SSSR count). The van der Waals surface area contributed by atoms with Gasteiger partial charge in [0.2, 0.25) is 0 Å². The van der Waals surface area contributed by atoms with E-state index in [1.165, 1.54) is 13.8 Å². The number of hydrogen-bond acceptors (Lipinski definition) is 6. The molecule has 1 aliphatic heterocycles. The zero-order valence-corrected chi connectivity index (χ0v) is 25.6. The van der Waals surface area contributed by atoms with Gasteiger partial charge in [-0.05, 0) is 43.2 Å². The number of carbonyl (C=O) groups is 1. The summed E-state index contributed by atoms with van der Waals surface area (Å²) in [5, 5.41) is 0. The smallest absolute Gasteiger partial charge is 0.363 e. The number of alkyl halides is 3. The maximum atomic E-state index is 14.9. The van der Waals surface area contributed by atoms with Crippen LogP contribution in [0.2, 0.25) is 0 Å². The van der Waals surface area contributed by atoms with Crippen LogP contribution in [-0.2, 0) is 25.8 Å². The highest BCUT2D eigenvalue weighted by atomic mass is 19.4. The SMILES string of the molecule is CC(=O)c1cccc(CN2CCN(c3c(C)n(Cc4c(F)cccc4C(F)(F)F)c(=O)n(C[C@@H](N)c4ccccc4)c3=O)CC2)c1. The van der Waals surface area contributed by atoms with E-state index < -0.39 is 47.0 Å². The summed E-state index contributed by atoms with van der Waals surface area (Å²) in [7, 11) is 0. The Morgan fingerprint density at radius 3 is 2.22 bits per heavy atom. The van der Waals surface area contributed by atoms with Crippen LogP contribution in [0.4, 0.5) is 23.2 Å². The Morgan fingerprint density at radius 1 is 0.891 bits per heavy atom. The summed E-state index contributed by atoms with van der Waals surface area (Å²) in [6.45, 7) is 4.48. The number of anilines is 1. The number of halogens is 4. The molecule has 2 heterocycles. The molecule has 1 saturated heterocycles. The number of carbonyl (C=O) groups excluding carboxylic acids is 1. The first kappa shape index (κ1) is 32.8. The standard InChI is InChI=1S/C34H35F4N5O3/c1-22-31(41-16-14-40(15-17-41)19-24-8-6-11-26(18-24)23(2)44)32(45)43(21-30(39)25-9-4-3-5-10-25)33(46)42(22)20-27-28(34(36,37)38)12-7-13-29(27)35/h3-13,18,30H,14-17,19-21,39H2,1-2H3/t30-/m1/s1. The van der Waals surface area contributed by atoms with Crippen molar-refractivity contribution in [1.29, 1.82) is 0 Å². The minimum atomic E-state index is -4.86. The van der Waals surface area contributed by atoms with Gasteiger partial charge in [0.15, 0.2) is 5.78 Å². The van der Waals surface area contributed by atoms with Crippen molar-refractivity contribution in [3.05, 3.63) is 133 Å². The van der Waals surface area contributed by atoms with Gasteiger partial charge in [0.1, 0.15) is 11.5 Å². The highest BCUT2D eigenvalue weighted by Crippen LogP contribution is 2.33. The number of nitrogens with two attached hydrogens (primary N) is 1. The van der Waals surface area contributed by atoms with E-state index in [2.05, 4.69) is 4.90 Å². The number of aromatic nitrogens is 2. The van der Waals surface area contributed by atoms with Gasteiger partial charge in [0.25, 0.3) is 5.56 Å². The van der Waals surface area contributed by atoms with Crippen molar-refractivity contribution in [1.82, 2.24) is 14.0 Å². The van der Waals surface area contributed by atoms with E-state index in [0.717, 1.165) is 32.9 Å². The number of benzene rings is 3. The Bertz CT molecular complexity index is 1840. The molecule has 0 spiro atoms. The van der Waals surface area contributed by atoms with Crippen molar-refractivity contribution in [2.75, 3.05) is 31.1 Å². The highest BCUT2D eigenvalue weighted by molar-refractivity contribution is 5.94. The normalized spacial score (nSPS) is 14.8. The molecule has 46 heavy (non-hydrogen) atoms. The third-order valence-corrected chi connectivity index (χ3v) is 8.43. The summed E-state index contributed by atoms with van der Waals surface area (Å²) in [5.41, 5.74) is 5.57. The first-order valence-corrected chi connectivity index (χ1v) is 14.9. The summed E-state index contributed by atoms with van der Waals surface area (Å²) >= 11 is 0. The van der Waals surface area contributed by atoms with Crippen molar-refractivity contribution in [2.24, 2.45) is 5.73 Å². The fourth-order valence-electron chi connectivity index (χ4n) is 5.92. The molecular weight excluding hydrogens is 602 g/mol. The van der Waals surface area contributed by atoms with Crippen LogP contribution >= 0.6 is 0 Å². The van der Waals surface area contributed by atoms with Gasteiger partial charge in [-0.2, -0.15) is 13.2 Å². The molecule has 4 aromatic rings. The van der Waals surface area contributed by atoms with Crippen molar-refractivity contribution < 1.29 is 22.4 Å². The Hall–Kier alpha value is -4.55. The minimum absolute atomic E-state index is 0.0294. The molecule has 1 fully saturated rings. The van der Waals surface area contributed by atoms with Gasteiger partial charge in [0, 0.05) is 55.6 Å². The van der Waals surface area contributed by atoms with Crippen molar-refractivity contribution in [2.45, 2.75) is 45.7 Å². The van der Waals surface area contributed by atoms with Crippen LogP contribution in [0.3, 0.4) is 0 Å². The van der Waals surface area contributed by atoms with Gasteiger partial charge >= 0.3 is 11.9 Å². The van der Waals surface area contributed by atoms with E-state index in [-0.39, 0.29) is 23.7 Å². The van der Waals surface area contributed by atoms with Crippen LogP contribution in [0, 0.1) is 12.7 Å². The summed E-state index contributed by atoms with van der Waals surface area (Å²) < 4.78 is 58.6. The molecule has 0 radical (unpaired) electrons. The molecule has 0 unspecified atom stereocenters. The van der Waals surface area contributed by atoms with Gasteiger partial charge in [-0.25, -0.2) is 9.18 Å². The molecular formula is C34H35F4N5O3. The van der Waals surface area contributed by atoms with Gasteiger partial charge in [-0.3, -0.25) is 23.6 Å². The van der Waals surface area contributed by atoms with Gasteiger partial charge in [0.05, 0.1) is 18.7 Å². The van der Waals surface area contributed by atoms with Crippen LogP contribution in [0.5, 0.6) is 0 Å². The second-order valence-electron chi connectivity index (χ2n) is 11.5. The monoisotopic (exact) mass is 637 g/mol. The molecule has 1 atom stereocenters. The molecule has 0 aliphatic carbocycles. The summed E-state index contributed by atoms with van der Waals surface area (Å²) in [5.74, 6) is -1.14. The predicted octanol–water partition coefficient (Wildman–Crippen LogP) is 4.75. The molecule has 2 N–H and O–H groups in total. The van der Waals surface area contributed by atoms with E-state index in [4.69, 9.17) is 5.73 Å². The Kier molecular flexibility index (Phi) is 9.59. The number of Topliss-reactive ketones (excluding diaryl/α,β-unsaturated/α-hetero) is 1.